The molecule has 1 atom stereocenters. The van der Waals surface area contributed by atoms with Crippen LogP contribution in [0.5, 0.6) is 0 Å². The van der Waals surface area contributed by atoms with Gasteiger partial charge in [0.15, 0.2) is 0 Å². The van der Waals surface area contributed by atoms with Crippen molar-refractivity contribution in [2.45, 2.75) is 31.1 Å². The van der Waals surface area contributed by atoms with Crippen LogP contribution in [-0.2, 0) is 16.4 Å². The Hall–Kier alpha value is -1.07. The van der Waals surface area contributed by atoms with Gasteiger partial charge in [-0.05, 0) is 36.5 Å². The zero-order valence-electron chi connectivity index (χ0n) is 11.2. The van der Waals surface area contributed by atoms with Crippen molar-refractivity contribution in [1.29, 1.82) is 0 Å². The van der Waals surface area contributed by atoms with Gasteiger partial charge in [-0.15, -0.1) is 0 Å². The molecule has 104 valence electrons. The van der Waals surface area contributed by atoms with E-state index in [2.05, 4.69) is 12.2 Å². The van der Waals surface area contributed by atoms with E-state index in [4.69, 9.17) is 0 Å². The summed E-state index contributed by atoms with van der Waals surface area (Å²) in [5, 5.41) is 3.24. The lowest BCUT2D eigenvalue weighted by molar-refractivity contribution is 0.453. The van der Waals surface area contributed by atoms with E-state index < -0.39 is 10.0 Å². The zero-order chi connectivity index (χ0) is 13.5. The van der Waals surface area contributed by atoms with Gasteiger partial charge in [0.2, 0.25) is 10.0 Å². The lowest BCUT2D eigenvalue weighted by atomic mass is 10.1. The van der Waals surface area contributed by atoms with Gasteiger partial charge in [-0.3, -0.25) is 0 Å². The van der Waals surface area contributed by atoms with Gasteiger partial charge in [-0.1, -0.05) is 19.4 Å². The molecule has 0 radical (unpaired) electrons. The highest BCUT2D eigenvalue weighted by Gasteiger charge is 2.32. The molecule has 0 bridgehead atoms. The van der Waals surface area contributed by atoms with E-state index >= 15 is 0 Å². The second kappa shape index (κ2) is 4.80. The number of anilines is 1. The van der Waals surface area contributed by atoms with Crippen molar-refractivity contribution < 1.29 is 8.42 Å². The monoisotopic (exact) mass is 280 g/mol. The Morgan fingerprint density at radius 1 is 1.42 bits per heavy atom. The van der Waals surface area contributed by atoms with Gasteiger partial charge in [-0.25, -0.2) is 8.42 Å². The third-order valence-electron chi connectivity index (χ3n) is 4.25. The summed E-state index contributed by atoms with van der Waals surface area (Å²) < 4.78 is 26.8. The van der Waals surface area contributed by atoms with Gasteiger partial charge in [0.25, 0.3) is 0 Å². The van der Waals surface area contributed by atoms with Crippen molar-refractivity contribution in [2.24, 2.45) is 5.92 Å². The topological polar surface area (TPSA) is 49.4 Å². The molecule has 0 spiro atoms. The van der Waals surface area contributed by atoms with Crippen molar-refractivity contribution in [2.75, 3.05) is 25.0 Å². The van der Waals surface area contributed by atoms with Crippen LogP contribution in [0.4, 0.5) is 5.69 Å². The Kier molecular flexibility index (Phi) is 3.27. The summed E-state index contributed by atoms with van der Waals surface area (Å²) in [6, 6.07) is 5.48. The number of rotatable bonds is 3. The molecule has 2 heterocycles. The fraction of sp³-hybridized carbons (Fsp3) is 0.571. The number of fused-ring (bicyclic) bond motifs is 1. The molecule has 0 aromatic heterocycles. The predicted molar refractivity (Wildman–Crippen MR) is 75.8 cm³/mol. The Labute approximate surface area is 114 Å². The summed E-state index contributed by atoms with van der Waals surface area (Å²) in [5.74, 6) is 0.516. The van der Waals surface area contributed by atoms with Gasteiger partial charge < -0.3 is 5.32 Å². The maximum Gasteiger partial charge on any atom is 0.243 e. The lowest BCUT2D eigenvalue weighted by Crippen LogP contribution is -2.28. The molecule has 1 unspecified atom stereocenters. The van der Waals surface area contributed by atoms with E-state index in [9.17, 15) is 8.42 Å². The van der Waals surface area contributed by atoms with Crippen LogP contribution in [0.2, 0.25) is 0 Å². The molecule has 1 aromatic rings. The molecule has 2 aliphatic heterocycles. The number of sulfonamides is 1. The summed E-state index contributed by atoms with van der Waals surface area (Å²) >= 11 is 0. The maximum atomic E-state index is 12.6. The Bertz CT molecular complexity index is 583. The first-order valence-electron chi connectivity index (χ1n) is 6.98. The molecular formula is C14H20N2O2S. The summed E-state index contributed by atoms with van der Waals surface area (Å²) in [6.45, 7) is 4.36. The van der Waals surface area contributed by atoms with E-state index in [0.717, 1.165) is 31.5 Å². The maximum absolute atomic E-state index is 12.6. The minimum Gasteiger partial charge on any atom is -0.384 e. The average Bonchev–Trinajstić information content (AvgIpc) is 3.06. The number of nitrogens with zero attached hydrogens (tertiary/aromatic N) is 1. The van der Waals surface area contributed by atoms with Crippen LogP contribution >= 0.6 is 0 Å². The van der Waals surface area contributed by atoms with Crippen molar-refractivity contribution in [3.63, 3.8) is 0 Å². The molecule has 0 saturated carbocycles. The average molecular weight is 280 g/mol. The summed E-state index contributed by atoms with van der Waals surface area (Å²) in [5.41, 5.74) is 2.19. The highest BCUT2D eigenvalue weighted by Crippen LogP contribution is 2.30. The standard InChI is InChI=1S/C14H20N2O2S/c1-2-11-6-8-16(10-11)19(17,18)13-4-3-12-5-7-15-14(12)9-13/h3-4,9,11,15H,2,5-8,10H2,1H3. The molecule has 0 amide bonds. The molecule has 1 fully saturated rings. The third kappa shape index (κ3) is 2.25. The molecule has 1 saturated heterocycles. The van der Waals surface area contributed by atoms with Gasteiger partial charge in [0.05, 0.1) is 4.90 Å². The molecule has 4 nitrogen and oxygen atoms in total. The van der Waals surface area contributed by atoms with Crippen molar-refractivity contribution >= 4 is 15.7 Å². The van der Waals surface area contributed by atoms with Gasteiger partial charge in [0, 0.05) is 25.3 Å². The van der Waals surface area contributed by atoms with Crippen molar-refractivity contribution in [1.82, 2.24) is 4.31 Å². The van der Waals surface area contributed by atoms with Crippen LogP contribution in [0.15, 0.2) is 23.1 Å². The fourth-order valence-electron chi connectivity index (χ4n) is 2.93. The summed E-state index contributed by atoms with van der Waals surface area (Å²) in [7, 11) is -3.31. The Balaban J connectivity index is 1.88. The predicted octanol–water partition coefficient (Wildman–Crippen LogP) is 2.08. The molecule has 19 heavy (non-hydrogen) atoms. The van der Waals surface area contributed by atoms with Crippen LogP contribution in [0.1, 0.15) is 25.3 Å². The van der Waals surface area contributed by atoms with E-state index in [1.54, 1.807) is 16.4 Å². The van der Waals surface area contributed by atoms with Gasteiger partial charge >= 0.3 is 0 Å². The highest BCUT2D eigenvalue weighted by atomic mass is 32.2. The molecule has 1 N–H and O–H groups in total. The molecule has 1 aromatic carbocycles. The largest absolute Gasteiger partial charge is 0.384 e. The first-order valence-corrected chi connectivity index (χ1v) is 8.42. The van der Waals surface area contributed by atoms with Crippen LogP contribution in [0, 0.1) is 5.92 Å². The normalized spacial score (nSPS) is 23.3. The first-order chi connectivity index (χ1) is 9.11. The summed E-state index contributed by atoms with van der Waals surface area (Å²) in [4.78, 5) is 0.428. The number of benzene rings is 1. The molecule has 2 aliphatic rings. The van der Waals surface area contributed by atoms with Crippen molar-refractivity contribution in [3.8, 4) is 0 Å². The van der Waals surface area contributed by atoms with E-state index in [-0.39, 0.29) is 0 Å². The second-order valence-electron chi connectivity index (χ2n) is 5.42. The third-order valence-corrected chi connectivity index (χ3v) is 6.12. The first kappa shape index (κ1) is 12.9. The minimum atomic E-state index is -3.31. The molecule has 0 aliphatic carbocycles. The van der Waals surface area contributed by atoms with Crippen molar-refractivity contribution in [3.05, 3.63) is 23.8 Å². The number of hydrogen-bond donors (Lipinski definition) is 1. The van der Waals surface area contributed by atoms with E-state index in [1.165, 1.54) is 5.56 Å². The lowest BCUT2D eigenvalue weighted by Gasteiger charge is -2.17. The number of hydrogen-bond acceptors (Lipinski definition) is 3. The smallest absolute Gasteiger partial charge is 0.243 e. The van der Waals surface area contributed by atoms with E-state index in [0.29, 0.717) is 23.9 Å². The minimum absolute atomic E-state index is 0.428. The number of nitrogens with one attached hydrogen (secondary N) is 1. The molecule has 3 rings (SSSR count). The van der Waals surface area contributed by atoms with Gasteiger partial charge in [-0.2, -0.15) is 4.31 Å². The van der Waals surface area contributed by atoms with Gasteiger partial charge in [0.1, 0.15) is 0 Å². The van der Waals surface area contributed by atoms with Crippen LogP contribution in [0.25, 0.3) is 0 Å². The molecule has 5 heteroatoms. The van der Waals surface area contributed by atoms with Crippen LogP contribution in [0.3, 0.4) is 0 Å². The van der Waals surface area contributed by atoms with Crippen LogP contribution < -0.4 is 5.32 Å². The quantitative estimate of drug-likeness (QED) is 0.922. The Morgan fingerprint density at radius 3 is 3.00 bits per heavy atom. The second-order valence-corrected chi connectivity index (χ2v) is 7.36. The zero-order valence-corrected chi connectivity index (χ0v) is 12.0. The van der Waals surface area contributed by atoms with Crippen LogP contribution in [-0.4, -0.2) is 32.4 Å². The van der Waals surface area contributed by atoms with E-state index in [1.807, 2.05) is 6.07 Å². The molecular weight excluding hydrogens is 260 g/mol. The summed E-state index contributed by atoms with van der Waals surface area (Å²) in [6.07, 6.45) is 3.02. The highest BCUT2D eigenvalue weighted by molar-refractivity contribution is 7.89. The SMILES string of the molecule is CCC1CCN(S(=O)(=O)c2ccc3c(c2)NCC3)C1. The Morgan fingerprint density at radius 2 is 2.26 bits per heavy atom. The fourth-order valence-corrected chi connectivity index (χ4v) is 4.49.